The predicted molar refractivity (Wildman–Crippen MR) is 128 cm³/mol. The summed E-state index contributed by atoms with van der Waals surface area (Å²) < 4.78 is 1.72. The predicted octanol–water partition coefficient (Wildman–Crippen LogP) is 4.97. The number of benzene rings is 2. The van der Waals surface area contributed by atoms with Crippen LogP contribution in [0.25, 0.3) is 5.69 Å². The highest BCUT2D eigenvalue weighted by molar-refractivity contribution is 5.97. The number of hydrogen-bond acceptors (Lipinski definition) is 3. The summed E-state index contributed by atoms with van der Waals surface area (Å²) in [5.74, 6) is 0.283. The molecule has 0 aliphatic heterocycles. The Hall–Kier alpha value is -3.61. The molecule has 0 bridgehead atoms. The molecule has 0 atom stereocenters. The maximum atomic E-state index is 12.9. The van der Waals surface area contributed by atoms with Crippen LogP contribution >= 0.6 is 0 Å². The van der Waals surface area contributed by atoms with Crippen LogP contribution in [0.15, 0.2) is 60.7 Å². The van der Waals surface area contributed by atoms with Gasteiger partial charge in [0.15, 0.2) is 0 Å². The molecule has 1 heterocycles. The number of rotatable bonds is 6. The molecule has 2 aromatic carbocycles. The van der Waals surface area contributed by atoms with Gasteiger partial charge in [0.1, 0.15) is 12.4 Å². The molecule has 2 N–H and O–H groups in total. The number of aromatic nitrogens is 2. The van der Waals surface area contributed by atoms with E-state index in [0.717, 1.165) is 22.6 Å². The number of aryl methyl sites for hydroxylation is 1. The molecular formula is C25H31N5O2. The lowest BCUT2D eigenvalue weighted by molar-refractivity contribution is -0.116. The van der Waals surface area contributed by atoms with E-state index in [0.29, 0.717) is 12.4 Å². The summed E-state index contributed by atoms with van der Waals surface area (Å²) in [6.07, 6.45) is 0. The molecule has 7 nitrogen and oxygen atoms in total. The Balaban J connectivity index is 1.76. The summed E-state index contributed by atoms with van der Waals surface area (Å²) in [4.78, 5) is 27.1. The van der Waals surface area contributed by atoms with E-state index in [1.165, 1.54) is 4.90 Å². The van der Waals surface area contributed by atoms with Crippen LogP contribution in [-0.2, 0) is 10.2 Å². The molecule has 0 radical (unpaired) electrons. The molecular weight excluding hydrogens is 402 g/mol. The Bertz CT molecular complexity index is 1080. The molecule has 0 aliphatic carbocycles. The van der Waals surface area contributed by atoms with Crippen LogP contribution in [0, 0.1) is 6.92 Å². The van der Waals surface area contributed by atoms with Crippen LogP contribution in [0.2, 0.25) is 0 Å². The molecule has 0 saturated carbocycles. The van der Waals surface area contributed by atoms with Crippen LogP contribution < -0.4 is 10.6 Å². The van der Waals surface area contributed by atoms with Crippen LogP contribution in [0.3, 0.4) is 0 Å². The number of amides is 3. The number of carbonyl (C=O) groups excluding carboxylic acids is 2. The first-order valence-electron chi connectivity index (χ1n) is 10.8. The van der Waals surface area contributed by atoms with Crippen molar-refractivity contribution in [2.75, 3.05) is 23.7 Å². The van der Waals surface area contributed by atoms with Gasteiger partial charge in [0.2, 0.25) is 5.91 Å². The Morgan fingerprint density at radius 3 is 2.28 bits per heavy atom. The standard InChI is InChI=1S/C25H31N5O2/c1-6-29(24(32)26-20-15-11-10-12-18(20)2)17-23(31)27-22-16-21(25(3,4)5)28-30(22)19-13-8-7-9-14-19/h7-16H,6,17H2,1-5H3,(H,26,32)(H,27,31). The van der Waals surface area contributed by atoms with Gasteiger partial charge in [-0.1, -0.05) is 57.2 Å². The molecule has 3 amide bonds. The minimum absolute atomic E-state index is 0.0704. The summed E-state index contributed by atoms with van der Waals surface area (Å²) in [5.41, 5.74) is 3.22. The van der Waals surface area contributed by atoms with Gasteiger partial charge in [-0.3, -0.25) is 4.79 Å². The van der Waals surface area contributed by atoms with Gasteiger partial charge in [-0.2, -0.15) is 5.10 Å². The molecule has 0 saturated heterocycles. The van der Waals surface area contributed by atoms with Crippen molar-refractivity contribution < 1.29 is 9.59 Å². The van der Waals surface area contributed by atoms with Gasteiger partial charge >= 0.3 is 6.03 Å². The molecule has 7 heteroatoms. The van der Waals surface area contributed by atoms with Gasteiger partial charge in [0.25, 0.3) is 0 Å². The summed E-state index contributed by atoms with van der Waals surface area (Å²) in [6.45, 7) is 10.3. The molecule has 32 heavy (non-hydrogen) atoms. The third kappa shape index (κ3) is 5.55. The minimum Gasteiger partial charge on any atom is -0.315 e. The third-order valence-electron chi connectivity index (χ3n) is 5.14. The number of nitrogens with one attached hydrogen (secondary N) is 2. The summed E-state index contributed by atoms with van der Waals surface area (Å²) in [5, 5.41) is 10.5. The van der Waals surface area contributed by atoms with Crippen molar-refractivity contribution >= 4 is 23.4 Å². The molecule has 3 rings (SSSR count). The van der Waals surface area contributed by atoms with E-state index < -0.39 is 0 Å². The third-order valence-corrected chi connectivity index (χ3v) is 5.14. The molecule has 0 aliphatic rings. The van der Waals surface area contributed by atoms with Crippen molar-refractivity contribution in [2.24, 2.45) is 0 Å². The molecule has 3 aromatic rings. The Morgan fingerprint density at radius 2 is 1.66 bits per heavy atom. The zero-order valence-electron chi connectivity index (χ0n) is 19.3. The second-order valence-corrected chi connectivity index (χ2v) is 8.72. The number of para-hydroxylation sites is 2. The Labute approximate surface area is 189 Å². The zero-order valence-corrected chi connectivity index (χ0v) is 19.3. The van der Waals surface area contributed by atoms with Crippen molar-refractivity contribution in [3.8, 4) is 5.69 Å². The second-order valence-electron chi connectivity index (χ2n) is 8.72. The normalized spacial score (nSPS) is 11.2. The summed E-state index contributed by atoms with van der Waals surface area (Å²) in [6, 6.07) is 18.8. The first kappa shape index (κ1) is 23.1. The van der Waals surface area contributed by atoms with Crippen molar-refractivity contribution in [3.05, 3.63) is 71.9 Å². The van der Waals surface area contributed by atoms with Gasteiger partial charge in [0.05, 0.1) is 11.4 Å². The smallest absolute Gasteiger partial charge is 0.315 e. The van der Waals surface area contributed by atoms with Gasteiger partial charge in [-0.25, -0.2) is 9.48 Å². The van der Waals surface area contributed by atoms with E-state index in [2.05, 4.69) is 31.4 Å². The molecule has 0 unspecified atom stereocenters. The molecule has 1 aromatic heterocycles. The van der Waals surface area contributed by atoms with Gasteiger partial charge in [-0.15, -0.1) is 0 Å². The lowest BCUT2D eigenvalue weighted by Crippen LogP contribution is -2.40. The number of carbonyl (C=O) groups is 2. The lowest BCUT2D eigenvalue weighted by Gasteiger charge is -2.21. The quantitative estimate of drug-likeness (QED) is 0.576. The fraction of sp³-hybridized carbons (Fsp3) is 0.320. The fourth-order valence-corrected chi connectivity index (χ4v) is 3.19. The monoisotopic (exact) mass is 433 g/mol. The van der Waals surface area contributed by atoms with E-state index >= 15 is 0 Å². The first-order valence-corrected chi connectivity index (χ1v) is 10.8. The second kappa shape index (κ2) is 9.68. The maximum Gasteiger partial charge on any atom is 0.322 e. The molecule has 0 fully saturated rings. The molecule has 168 valence electrons. The largest absolute Gasteiger partial charge is 0.322 e. The van der Waals surface area contributed by atoms with Crippen molar-refractivity contribution in [1.29, 1.82) is 0 Å². The number of anilines is 2. The minimum atomic E-state index is -0.316. The number of urea groups is 1. The van der Waals surface area contributed by atoms with Crippen molar-refractivity contribution in [2.45, 2.75) is 40.0 Å². The summed E-state index contributed by atoms with van der Waals surface area (Å²) in [7, 11) is 0. The van der Waals surface area contributed by atoms with E-state index in [1.807, 2.05) is 74.5 Å². The highest BCUT2D eigenvalue weighted by atomic mass is 16.2. The van der Waals surface area contributed by atoms with Crippen molar-refractivity contribution in [3.63, 3.8) is 0 Å². The maximum absolute atomic E-state index is 12.9. The van der Waals surface area contributed by atoms with E-state index in [9.17, 15) is 9.59 Å². The summed E-state index contributed by atoms with van der Waals surface area (Å²) >= 11 is 0. The Morgan fingerprint density at radius 1 is 1.00 bits per heavy atom. The van der Waals surface area contributed by atoms with Gasteiger partial charge in [0, 0.05) is 23.7 Å². The SMILES string of the molecule is CCN(CC(=O)Nc1cc(C(C)(C)C)nn1-c1ccccc1)C(=O)Nc1ccccc1C. The fourth-order valence-electron chi connectivity index (χ4n) is 3.19. The topological polar surface area (TPSA) is 79.3 Å². The van der Waals surface area contributed by atoms with E-state index in [4.69, 9.17) is 5.10 Å². The molecule has 0 spiro atoms. The lowest BCUT2D eigenvalue weighted by atomic mass is 9.92. The number of likely N-dealkylation sites (N-methyl/N-ethyl adjacent to an activating group) is 1. The number of nitrogens with zero attached hydrogens (tertiary/aromatic N) is 3. The van der Waals surface area contributed by atoms with Gasteiger partial charge in [-0.05, 0) is 37.6 Å². The van der Waals surface area contributed by atoms with Crippen LogP contribution in [0.4, 0.5) is 16.3 Å². The van der Waals surface area contributed by atoms with Crippen molar-refractivity contribution in [1.82, 2.24) is 14.7 Å². The van der Waals surface area contributed by atoms with Crippen LogP contribution in [0.5, 0.6) is 0 Å². The van der Waals surface area contributed by atoms with E-state index in [-0.39, 0.29) is 23.9 Å². The average molecular weight is 434 g/mol. The first-order chi connectivity index (χ1) is 15.2. The van der Waals surface area contributed by atoms with E-state index in [1.54, 1.807) is 4.68 Å². The van der Waals surface area contributed by atoms with Crippen LogP contribution in [-0.4, -0.2) is 39.7 Å². The zero-order chi connectivity index (χ0) is 23.3. The number of hydrogen-bond donors (Lipinski definition) is 2. The highest BCUT2D eigenvalue weighted by Gasteiger charge is 2.23. The Kier molecular flexibility index (Phi) is 6.98. The highest BCUT2D eigenvalue weighted by Crippen LogP contribution is 2.26. The average Bonchev–Trinajstić information content (AvgIpc) is 3.18. The van der Waals surface area contributed by atoms with Gasteiger partial charge < -0.3 is 15.5 Å². The van der Waals surface area contributed by atoms with Crippen LogP contribution in [0.1, 0.15) is 39.0 Å².